The van der Waals surface area contributed by atoms with Gasteiger partial charge in [0.2, 0.25) is 0 Å². The summed E-state index contributed by atoms with van der Waals surface area (Å²) in [6, 6.07) is 0.623. The monoisotopic (exact) mass is 228 g/mol. The van der Waals surface area contributed by atoms with Gasteiger partial charge in [-0.2, -0.15) is 11.8 Å². The van der Waals surface area contributed by atoms with Gasteiger partial charge in [0.05, 0.1) is 0 Å². The predicted molar refractivity (Wildman–Crippen MR) is 64.3 cm³/mol. The Morgan fingerprint density at radius 1 is 1.13 bits per heavy atom. The van der Waals surface area contributed by atoms with Crippen LogP contribution in [0.3, 0.4) is 0 Å². The molecule has 0 atom stereocenters. The molecule has 1 saturated carbocycles. The molecule has 4 heteroatoms. The van der Waals surface area contributed by atoms with Crippen LogP contribution in [0.4, 0.5) is 4.79 Å². The molecule has 0 bridgehead atoms. The number of hydrogen-bond donors (Lipinski definition) is 1. The third-order valence-electron chi connectivity index (χ3n) is 3.19. The van der Waals surface area contributed by atoms with Gasteiger partial charge < -0.3 is 10.2 Å². The first-order valence-corrected chi connectivity index (χ1v) is 7.15. The Labute approximate surface area is 96.0 Å². The highest BCUT2D eigenvalue weighted by molar-refractivity contribution is 7.99. The van der Waals surface area contributed by atoms with Gasteiger partial charge in [0.1, 0.15) is 0 Å². The predicted octanol–water partition coefficient (Wildman–Crippen LogP) is 2.08. The molecular weight excluding hydrogens is 208 g/mol. The Balaban J connectivity index is 1.77. The first-order valence-electron chi connectivity index (χ1n) is 5.99. The Bertz CT molecular complexity index is 209. The molecule has 1 N–H and O–H groups in total. The smallest absolute Gasteiger partial charge is 0.317 e. The summed E-state index contributed by atoms with van der Waals surface area (Å²) in [5.41, 5.74) is 0. The van der Waals surface area contributed by atoms with Crippen LogP contribution >= 0.6 is 11.8 Å². The number of thioether (sulfide) groups is 1. The van der Waals surface area contributed by atoms with E-state index in [1.54, 1.807) is 0 Å². The maximum atomic E-state index is 11.9. The lowest BCUT2D eigenvalue weighted by molar-refractivity contribution is 0.198. The van der Waals surface area contributed by atoms with Crippen molar-refractivity contribution in [1.29, 1.82) is 0 Å². The summed E-state index contributed by atoms with van der Waals surface area (Å²) in [5.74, 6) is 2.30. The highest BCUT2D eigenvalue weighted by Gasteiger charge is 2.21. The van der Waals surface area contributed by atoms with Gasteiger partial charge in [-0.05, 0) is 25.0 Å². The molecule has 2 rings (SSSR count). The number of amides is 2. The normalized spacial score (nSPS) is 23.9. The van der Waals surface area contributed by atoms with Crippen molar-refractivity contribution in [3.05, 3.63) is 0 Å². The van der Waals surface area contributed by atoms with Gasteiger partial charge in [0.25, 0.3) is 0 Å². The zero-order chi connectivity index (χ0) is 10.5. The van der Waals surface area contributed by atoms with E-state index in [1.807, 2.05) is 16.7 Å². The lowest BCUT2D eigenvalue weighted by Crippen LogP contribution is -2.44. The lowest BCUT2D eigenvalue weighted by Gasteiger charge is -2.23. The zero-order valence-electron chi connectivity index (χ0n) is 9.21. The largest absolute Gasteiger partial charge is 0.335 e. The number of nitrogens with zero attached hydrogens (tertiary/aromatic N) is 1. The highest BCUT2D eigenvalue weighted by atomic mass is 32.2. The summed E-state index contributed by atoms with van der Waals surface area (Å²) >= 11 is 1.96. The van der Waals surface area contributed by atoms with E-state index in [0.29, 0.717) is 6.04 Å². The van der Waals surface area contributed by atoms with E-state index in [0.717, 1.165) is 25.3 Å². The van der Waals surface area contributed by atoms with Crippen molar-refractivity contribution in [2.75, 3.05) is 24.6 Å². The van der Waals surface area contributed by atoms with E-state index < -0.39 is 0 Å². The first kappa shape index (κ1) is 11.1. The average molecular weight is 228 g/mol. The van der Waals surface area contributed by atoms with Gasteiger partial charge in [0.15, 0.2) is 0 Å². The molecule has 2 aliphatic rings. The van der Waals surface area contributed by atoms with E-state index >= 15 is 0 Å². The molecule has 2 amide bonds. The number of hydrogen-bond acceptors (Lipinski definition) is 2. The standard InChI is InChI=1S/C11H20N2OS/c14-11(12-10-4-1-2-5-10)13-6-3-8-15-9-7-13/h10H,1-9H2,(H,12,14). The summed E-state index contributed by atoms with van der Waals surface area (Å²) in [7, 11) is 0. The van der Waals surface area contributed by atoms with Gasteiger partial charge in [-0.3, -0.25) is 0 Å². The van der Waals surface area contributed by atoms with Gasteiger partial charge in [-0.25, -0.2) is 4.79 Å². The fraction of sp³-hybridized carbons (Fsp3) is 0.909. The molecule has 0 unspecified atom stereocenters. The van der Waals surface area contributed by atoms with Crippen LogP contribution in [0.5, 0.6) is 0 Å². The van der Waals surface area contributed by atoms with E-state index in [-0.39, 0.29) is 6.03 Å². The maximum absolute atomic E-state index is 11.9. The Kier molecular flexibility index (Phi) is 4.18. The lowest BCUT2D eigenvalue weighted by atomic mass is 10.2. The number of rotatable bonds is 1. The van der Waals surface area contributed by atoms with Crippen LogP contribution in [0.15, 0.2) is 0 Å². The molecule has 86 valence electrons. The van der Waals surface area contributed by atoms with Crippen molar-refractivity contribution in [3.8, 4) is 0 Å². The summed E-state index contributed by atoms with van der Waals surface area (Å²) in [6.07, 6.45) is 6.05. The third-order valence-corrected chi connectivity index (χ3v) is 4.24. The summed E-state index contributed by atoms with van der Waals surface area (Å²) in [6.45, 7) is 1.86. The van der Waals surface area contributed by atoms with Gasteiger partial charge in [-0.15, -0.1) is 0 Å². The molecule has 0 aromatic heterocycles. The zero-order valence-corrected chi connectivity index (χ0v) is 10.0. The molecule has 1 saturated heterocycles. The van der Waals surface area contributed by atoms with E-state index in [1.165, 1.54) is 31.4 Å². The molecule has 0 aromatic carbocycles. The van der Waals surface area contributed by atoms with Crippen molar-refractivity contribution >= 4 is 17.8 Å². The average Bonchev–Trinajstić information content (AvgIpc) is 2.58. The molecule has 2 fully saturated rings. The second-order valence-corrected chi connectivity index (χ2v) is 5.61. The van der Waals surface area contributed by atoms with Crippen LogP contribution in [-0.2, 0) is 0 Å². The molecular formula is C11H20N2OS. The summed E-state index contributed by atoms with van der Waals surface area (Å²) in [5, 5.41) is 3.15. The first-order chi connectivity index (χ1) is 7.36. The van der Waals surface area contributed by atoms with Gasteiger partial charge in [-0.1, -0.05) is 12.8 Å². The third kappa shape index (κ3) is 3.30. The quantitative estimate of drug-likeness (QED) is 0.745. The second kappa shape index (κ2) is 5.64. The fourth-order valence-corrected chi connectivity index (χ4v) is 3.17. The Morgan fingerprint density at radius 3 is 2.73 bits per heavy atom. The van der Waals surface area contributed by atoms with Crippen molar-refractivity contribution < 1.29 is 4.79 Å². The Hall–Kier alpha value is -0.380. The Morgan fingerprint density at radius 2 is 1.93 bits per heavy atom. The van der Waals surface area contributed by atoms with E-state index in [4.69, 9.17) is 0 Å². The molecule has 1 aliphatic heterocycles. The molecule has 3 nitrogen and oxygen atoms in total. The van der Waals surface area contributed by atoms with Crippen LogP contribution in [0.1, 0.15) is 32.1 Å². The van der Waals surface area contributed by atoms with Crippen LogP contribution in [-0.4, -0.2) is 41.6 Å². The number of carbonyl (C=O) groups excluding carboxylic acids is 1. The second-order valence-electron chi connectivity index (χ2n) is 4.38. The van der Waals surface area contributed by atoms with Crippen molar-refractivity contribution in [2.45, 2.75) is 38.1 Å². The van der Waals surface area contributed by atoms with Crippen LogP contribution in [0, 0.1) is 0 Å². The minimum atomic E-state index is 0.171. The van der Waals surface area contributed by atoms with Crippen LogP contribution < -0.4 is 5.32 Å². The topological polar surface area (TPSA) is 32.3 Å². The van der Waals surface area contributed by atoms with Crippen molar-refractivity contribution in [1.82, 2.24) is 10.2 Å². The van der Waals surface area contributed by atoms with E-state index in [9.17, 15) is 4.79 Å². The van der Waals surface area contributed by atoms with E-state index in [2.05, 4.69) is 5.32 Å². The minimum Gasteiger partial charge on any atom is -0.335 e. The number of carbonyl (C=O) groups is 1. The van der Waals surface area contributed by atoms with Gasteiger partial charge in [0, 0.05) is 24.9 Å². The molecule has 0 aromatic rings. The maximum Gasteiger partial charge on any atom is 0.317 e. The van der Waals surface area contributed by atoms with Crippen LogP contribution in [0.25, 0.3) is 0 Å². The number of nitrogens with one attached hydrogen (secondary N) is 1. The minimum absolute atomic E-state index is 0.171. The molecule has 0 radical (unpaired) electrons. The summed E-state index contributed by atoms with van der Waals surface area (Å²) in [4.78, 5) is 13.9. The fourth-order valence-electron chi connectivity index (χ4n) is 2.29. The molecule has 0 spiro atoms. The SMILES string of the molecule is O=C(NC1CCCC1)N1CCCSCC1. The number of urea groups is 1. The summed E-state index contributed by atoms with van der Waals surface area (Å²) < 4.78 is 0. The van der Waals surface area contributed by atoms with Crippen molar-refractivity contribution in [3.63, 3.8) is 0 Å². The molecule has 1 aliphatic carbocycles. The van der Waals surface area contributed by atoms with Crippen LogP contribution in [0.2, 0.25) is 0 Å². The van der Waals surface area contributed by atoms with Crippen molar-refractivity contribution in [2.24, 2.45) is 0 Å². The van der Waals surface area contributed by atoms with Gasteiger partial charge >= 0.3 is 6.03 Å². The highest BCUT2D eigenvalue weighted by Crippen LogP contribution is 2.18. The molecule has 15 heavy (non-hydrogen) atoms. The molecule has 1 heterocycles.